The maximum absolute atomic E-state index is 5.85. The Hall–Kier alpha value is -0.540. The molecule has 0 saturated heterocycles. The maximum atomic E-state index is 5.85. The lowest BCUT2D eigenvalue weighted by Crippen LogP contribution is -1.88. The summed E-state index contributed by atoms with van der Waals surface area (Å²) in [5.74, 6) is 0. The van der Waals surface area contributed by atoms with Gasteiger partial charge in [0.05, 0.1) is 0 Å². The lowest BCUT2D eigenvalue weighted by molar-refractivity contribution is 1.19. The van der Waals surface area contributed by atoms with Gasteiger partial charge in [-0.05, 0) is 35.2 Å². The third kappa shape index (κ3) is 3.22. The molecule has 2 aromatic carbocycles. The maximum Gasteiger partial charge on any atom is 0.0406 e. The molecule has 0 saturated carbocycles. The number of alkyl halides is 1. The number of hydrogen-bond donors (Lipinski definition) is 0. The molecule has 2 aromatic rings. The van der Waals surface area contributed by atoms with Crippen LogP contribution in [0.2, 0.25) is 5.02 Å². The molecule has 0 atom stereocenters. The Balaban J connectivity index is 2.11. The van der Waals surface area contributed by atoms with Gasteiger partial charge in [-0.25, -0.2) is 0 Å². The summed E-state index contributed by atoms with van der Waals surface area (Å²) in [5.41, 5.74) is 4.02. The molecule has 2 rings (SSSR count). The second-order valence-corrected chi connectivity index (χ2v) is 4.95. The average Bonchev–Trinajstić information content (AvgIpc) is 2.33. The minimum absolute atomic E-state index is 0.795. The zero-order chi connectivity index (χ0) is 11.4. The van der Waals surface area contributed by atoms with E-state index in [1.54, 1.807) is 0 Å². The van der Waals surface area contributed by atoms with Crippen molar-refractivity contribution in [1.29, 1.82) is 0 Å². The second kappa shape index (κ2) is 5.69. The summed E-state index contributed by atoms with van der Waals surface area (Å²) in [7, 11) is 0. The Bertz CT molecular complexity index is 445. The molecular formula is C14H12ClI. The van der Waals surface area contributed by atoms with E-state index < -0.39 is 0 Å². The van der Waals surface area contributed by atoms with Crippen LogP contribution in [0.3, 0.4) is 0 Å². The Morgan fingerprint density at radius 1 is 0.750 bits per heavy atom. The first kappa shape index (κ1) is 11.9. The fraction of sp³-hybridized carbons (Fsp3) is 0.143. The number of hydrogen-bond acceptors (Lipinski definition) is 0. The highest BCUT2D eigenvalue weighted by molar-refractivity contribution is 14.1. The molecule has 0 spiro atoms. The first-order chi connectivity index (χ1) is 7.78. The van der Waals surface area contributed by atoms with Crippen LogP contribution in [0.4, 0.5) is 0 Å². The number of benzene rings is 2. The fourth-order valence-electron chi connectivity index (χ4n) is 1.58. The first-order valence-corrected chi connectivity index (χ1v) is 7.06. The van der Waals surface area contributed by atoms with Crippen LogP contribution in [0.5, 0.6) is 0 Å². The summed E-state index contributed by atoms with van der Waals surface area (Å²) < 4.78 is 1.07. The van der Waals surface area contributed by atoms with Crippen LogP contribution >= 0.6 is 34.2 Å². The SMILES string of the molecule is Clc1ccc(Cc2ccc(CI)cc2)cc1. The van der Waals surface area contributed by atoms with Crippen LogP contribution in [0.15, 0.2) is 48.5 Å². The van der Waals surface area contributed by atoms with E-state index in [9.17, 15) is 0 Å². The molecular weight excluding hydrogens is 331 g/mol. The monoisotopic (exact) mass is 342 g/mol. The smallest absolute Gasteiger partial charge is 0.0406 e. The van der Waals surface area contributed by atoms with Gasteiger partial charge in [-0.1, -0.05) is 70.6 Å². The Kier molecular flexibility index (Phi) is 4.24. The van der Waals surface area contributed by atoms with E-state index >= 15 is 0 Å². The van der Waals surface area contributed by atoms with E-state index in [1.807, 2.05) is 12.1 Å². The van der Waals surface area contributed by atoms with Crippen molar-refractivity contribution in [2.45, 2.75) is 10.8 Å². The van der Waals surface area contributed by atoms with Crippen LogP contribution in [-0.4, -0.2) is 0 Å². The van der Waals surface area contributed by atoms with Gasteiger partial charge in [-0.15, -0.1) is 0 Å². The molecule has 0 aliphatic rings. The summed E-state index contributed by atoms with van der Waals surface area (Å²) in [4.78, 5) is 0. The average molecular weight is 343 g/mol. The lowest BCUT2D eigenvalue weighted by Gasteiger charge is -2.03. The quantitative estimate of drug-likeness (QED) is 0.552. The minimum atomic E-state index is 0.795. The molecule has 0 radical (unpaired) electrons. The van der Waals surface area contributed by atoms with Crippen LogP contribution in [-0.2, 0) is 10.8 Å². The predicted octanol–water partition coefficient (Wildman–Crippen LogP) is 4.87. The van der Waals surface area contributed by atoms with Crippen LogP contribution < -0.4 is 0 Å². The van der Waals surface area contributed by atoms with E-state index in [4.69, 9.17) is 11.6 Å². The van der Waals surface area contributed by atoms with Crippen LogP contribution in [0.25, 0.3) is 0 Å². The van der Waals surface area contributed by atoms with Gasteiger partial charge >= 0.3 is 0 Å². The van der Waals surface area contributed by atoms with Gasteiger partial charge in [0.2, 0.25) is 0 Å². The van der Waals surface area contributed by atoms with E-state index in [2.05, 4.69) is 59.0 Å². The molecule has 0 unspecified atom stereocenters. The Labute approximate surface area is 115 Å². The van der Waals surface area contributed by atoms with E-state index in [0.29, 0.717) is 0 Å². The van der Waals surface area contributed by atoms with Gasteiger partial charge in [-0.2, -0.15) is 0 Å². The van der Waals surface area contributed by atoms with Crippen molar-refractivity contribution in [1.82, 2.24) is 0 Å². The standard InChI is InChI=1S/C14H12ClI/c15-14-7-5-12(6-8-14)9-11-1-3-13(10-16)4-2-11/h1-8H,9-10H2. The molecule has 0 amide bonds. The van der Waals surface area contributed by atoms with Crippen molar-refractivity contribution in [3.05, 3.63) is 70.2 Å². The lowest BCUT2D eigenvalue weighted by atomic mass is 10.0. The third-order valence-electron chi connectivity index (χ3n) is 2.50. The highest BCUT2D eigenvalue weighted by atomic mass is 127. The number of rotatable bonds is 3. The van der Waals surface area contributed by atoms with Gasteiger partial charge in [0.15, 0.2) is 0 Å². The van der Waals surface area contributed by atoms with Crippen molar-refractivity contribution >= 4 is 34.2 Å². The minimum Gasteiger partial charge on any atom is -0.0843 e. The van der Waals surface area contributed by atoms with Crippen molar-refractivity contribution in [3.63, 3.8) is 0 Å². The highest BCUT2D eigenvalue weighted by Crippen LogP contribution is 2.15. The molecule has 82 valence electrons. The predicted molar refractivity (Wildman–Crippen MR) is 78.4 cm³/mol. The summed E-state index contributed by atoms with van der Waals surface area (Å²) >= 11 is 8.23. The summed E-state index contributed by atoms with van der Waals surface area (Å²) in [5, 5.41) is 0.795. The van der Waals surface area contributed by atoms with Crippen molar-refractivity contribution in [2.75, 3.05) is 0 Å². The van der Waals surface area contributed by atoms with Crippen molar-refractivity contribution in [3.8, 4) is 0 Å². The summed E-state index contributed by atoms with van der Waals surface area (Å²) in [6, 6.07) is 16.8. The second-order valence-electron chi connectivity index (χ2n) is 3.75. The zero-order valence-electron chi connectivity index (χ0n) is 8.79. The molecule has 0 aromatic heterocycles. The Morgan fingerprint density at radius 2 is 1.19 bits per heavy atom. The first-order valence-electron chi connectivity index (χ1n) is 5.16. The topological polar surface area (TPSA) is 0 Å². The van der Waals surface area contributed by atoms with Gasteiger partial charge < -0.3 is 0 Å². The zero-order valence-corrected chi connectivity index (χ0v) is 11.7. The summed E-state index contributed by atoms with van der Waals surface area (Å²) in [6.45, 7) is 0. The normalized spacial score (nSPS) is 10.4. The van der Waals surface area contributed by atoms with Gasteiger partial charge in [0, 0.05) is 9.45 Å². The van der Waals surface area contributed by atoms with Crippen LogP contribution in [0, 0.1) is 0 Å². The molecule has 0 aliphatic carbocycles. The summed E-state index contributed by atoms with van der Waals surface area (Å²) in [6.07, 6.45) is 0.971. The molecule has 0 fully saturated rings. The van der Waals surface area contributed by atoms with Gasteiger partial charge in [0.25, 0.3) is 0 Å². The third-order valence-corrected chi connectivity index (χ3v) is 3.63. The van der Waals surface area contributed by atoms with E-state index in [-0.39, 0.29) is 0 Å². The largest absolute Gasteiger partial charge is 0.0843 e. The molecule has 0 aliphatic heterocycles. The van der Waals surface area contributed by atoms with E-state index in [1.165, 1.54) is 16.7 Å². The fourth-order valence-corrected chi connectivity index (χ4v) is 2.22. The molecule has 0 nitrogen and oxygen atoms in total. The van der Waals surface area contributed by atoms with Crippen molar-refractivity contribution in [2.24, 2.45) is 0 Å². The van der Waals surface area contributed by atoms with Gasteiger partial charge in [-0.3, -0.25) is 0 Å². The molecule has 0 bridgehead atoms. The molecule has 0 heterocycles. The van der Waals surface area contributed by atoms with Crippen molar-refractivity contribution < 1.29 is 0 Å². The van der Waals surface area contributed by atoms with Crippen LogP contribution in [0.1, 0.15) is 16.7 Å². The number of halogens is 2. The molecule has 0 N–H and O–H groups in total. The van der Waals surface area contributed by atoms with Gasteiger partial charge in [0.1, 0.15) is 0 Å². The molecule has 16 heavy (non-hydrogen) atoms. The Morgan fingerprint density at radius 3 is 1.69 bits per heavy atom. The molecule has 2 heteroatoms. The van der Waals surface area contributed by atoms with E-state index in [0.717, 1.165) is 15.9 Å². The highest BCUT2D eigenvalue weighted by Gasteiger charge is 1.97.